The van der Waals surface area contributed by atoms with Crippen LogP contribution in [0.3, 0.4) is 0 Å². The lowest BCUT2D eigenvalue weighted by molar-refractivity contribution is 0.318. The molecule has 0 aromatic rings. The van der Waals surface area contributed by atoms with Crippen molar-refractivity contribution in [1.82, 2.24) is 0 Å². The Kier molecular flexibility index (Phi) is 1.46. The van der Waals surface area contributed by atoms with Crippen LogP contribution in [-0.4, -0.2) is 10.6 Å². The van der Waals surface area contributed by atoms with E-state index in [9.17, 15) is 0 Å². The van der Waals surface area contributed by atoms with Crippen LogP contribution in [0.25, 0.3) is 0 Å². The molecule has 0 aromatic heterocycles. The van der Waals surface area contributed by atoms with Gasteiger partial charge >= 0.3 is 0 Å². The van der Waals surface area contributed by atoms with Gasteiger partial charge in [0, 0.05) is 5.92 Å². The molecule has 2 atom stereocenters. The number of hydrogen-bond donors (Lipinski definition) is 0. The van der Waals surface area contributed by atoms with E-state index in [1.165, 1.54) is 0 Å². The Labute approximate surface area is 58.9 Å². The molecule has 1 heterocycles. The molecule has 0 N–H and O–H groups in total. The zero-order valence-corrected chi connectivity index (χ0v) is 6.33. The molecular formula is C5H8Cl2O. The minimum absolute atomic E-state index is 0.274. The fourth-order valence-corrected chi connectivity index (χ4v) is 1.06. The summed E-state index contributed by atoms with van der Waals surface area (Å²) in [6.07, 6.45) is 0. The van der Waals surface area contributed by atoms with E-state index in [0.29, 0.717) is 5.92 Å². The molecule has 0 spiro atoms. The third-order valence-corrected chi connectivity index (χ3v) is 2.57. The summed E-state index contributed by atoms with van der Waals surface area (Å²) in [5, 5.41) is -0.554. The Morgan fingerprint density at radius 2 is 2.00 bits per heavy atom. The van der Waals surface area contributed by atoms with Crippen LogP contribution in [0.4, 0.5) is 0 Å². The molecule has 1 fully saturated rings. The highest BCUT2D eigenvalue weighted by Crippen LogP contribution is 2.48. The maximum atomic E-state index is 5.78. The summed E-state index contributed by atoms with van der Waals surface area (Å²) < 4.78 is 4.90. The number of ether oxygens (including phenoxy) is 1. The van der Waals surface area contributed by atoms with Crippen LogP contribution in [-0.2, 0) is 4.74 Å². The van der Waals surface area contributed by atoms with E-state index in [0.717, 1.165) is 0 Å². The predicted octanol–water partition coefficient (Wildman–Crippen LogP) is 2.17. The average Bonchev–Trinajstić information content (AvgIpc) is 2.17. The second-order valence-corrected chi connectivity index (χ2v) is 3.27. The van der Waals surface area contributed by atoms with Gasteiger partial charge in [-0.25, -0.2) is 0 Å². The topological polar surface area (TPSA) is 12.5 Å². The lowest BCUT2D eigenvalue weighted by Gasteiger charge is -2.04. The minimum Gasteiger partial charge on any atom is -0.332 e. The maximum Gasteiger partial charge on any atom is 0.186 e. The Morgan fingerprint density at radius 1 is 1.62 bits per heavy atom. The van der Waals surface area contributed by atoms with Crippen LogP contribution in [0.5, 0.6) is 0 Å². The summed E-state index contributed by atoms with van der Waals surface area (Å²) in [4.78, 5) is 0. The average molecular weight is 155 g/mol. The minimum atomic E-state index is -0.554. The van der Waals surface area contributed by atoms with Gasteiger partial charge in [-0.05, 0) is 0 Å². The van der Waals surface area contributed by atoms with E-state index in [2.05, 4.69) is 0 Å². The third kappa shape index (κ3) is 0.831. The van der Waals surface area contributed by atoms with Crippen molar-refractivity contribution in [1.29, 1.82) is 0 Å². The van der Waals surface area contributed by atoms with Gasteiger partial charge in [0.1, 0.15) is 0 Å². The fourth-order valence-electron chi connectivity index (χ4n) is 0.523. The first kappa shape index (κ1) is 6.66. The Balaban J connectivity index is 2.47. The lowest BCUT2D eigenvalue weighted by atomic mass is 10.1. The second-order valence-electron chi connectivity index (χ2n) is 2.29. The summed E-state index contributed by atoms with van der Waals surface area (Å²) in [5.74, 6) is 0.298. The first-order chi connectivity index (χ1) is 3.57. The molecular weight excluding hydrogens is 147 g/mol. The van der Waals surface area contributed by atoms with E-state index in [1.54, 1.807) is 0 Å². The molecule has 1 aliphatic rings. The lowest BCUT2D eigenvalue weighted by Crippen LogP contribution is -2.11. The molecule has 8 heavy (non-hydrogen) atoms. The van der Waals surface area contributed by atoms with Gasteiger partial charge in [-0.3, -0.25) is 0 Å². The molecule has 1 rings (SSSR count). The van der Waals surface area contributed by atoms with Crippen LogP contribution in [0.15, 0.2) is 0 Å². The SMILES string of the molecule is CC(C)[C@@]1(Cl)O[C@H]1Cl. The van der Waals surface area contributed by atoms with Crippen molar-refractivity contribution in [2.45, 2.75) is 24.5 Å². The summed E-state index contributed by atoms with van der Waals surface area (Å²) in [5.41, 5.74) is -0.274. The molecule has 0 aliphatic carbocycles. The van der Waals surface area contributed by atoms with Gasteiger partial charge in [0.05, 0.1) is 0 Å². The molecule has 1 nitrogen and oxygen atoms in total. The predicted molar refractivity (Wildman–Crippen MR) is 34.1 cm³/mol. The molecule has 0 amide bonds. The molecule has 3 heteroatoms. The zero-order valence-electron chi connectivity index (χ0n) is 4.82. The number of alkyl halides is 2. The van der Waals surface area contributed by atoms with Gasteiger partial charge in [0.15, 0.2) is 10.6 Å². The normalized spacial score (nSPS) is 45.4. The van der Waals surface area contributed by atoms with Crippen molar-refractivity contribution >= 4 is 23.2 Å². The van der Waals surface area contributed by atoms with Crippen LogP contribution >= 0.6 is 23.2 Å². The van der Waals surface area contributed by atoms with Crippen LogP contribution in [0.2, 0.25) is 0 Å². The summed E-state index contributed by atoms with van der Waals surface area (Å²) in [6, 6.07) is 0. The van der Waals surface area contributed by atoms with Gasteiger partial charge in [-0.15, -0.1) is 0 Å². The maximum absolute atomic E-state index is 5.78. The highest BCUT2D eigenvalue weighted by Gasteiger charge is 2.56. The van der Waals surface area contributed by atoms with Gasteiger partial charge < -0.3 is 4.74 Å². The quantitative estimate of drug-likeness (QED) is 0.417. The monoisotopic (exact) mass is 154 g/mol. The van der Waals surface area contributed by atoms with Crippen molar-refractivity contribution in [3.05, 3.63) is 0 Å². The van der Waals surface area contributed by atoms with Gasteiger partial charge in [-0.1, -0.05) is 37.0 Å². The largest absolute Gasteiger partial charge is 0.332 e. The molecule has 0 aromatic carbocycles. The number of rotatable bonds is 1. The summed E-state index contributed by atoms with van der Waals surface area (Å²) in [6.45, 7) is 3.96. The van der Waals surface area contributed by atoms with Crippen molar-refractivity contribution < 1.29 is 4.74 Å². The highest BCUT2D eigenvalue weighted by molar-refractivity contribution is 6.34. The molecule has 0 radical (unpaired) electrons. The first-order valence-electron chi connectivity index (χ1n) is 2.58. The van der Waals surface area contributed by atoms with Crippen molar-refractivity contribution in [2.75, 3.05) is 0 Å². The molecule has 0 unspecified atom stereocenters. The van der Waals surface area contributed by atoms with Crippen molar-refractivity contribution in [3.8, 4) is 0 Å². The molecule has 1 aliphatic heterocycles. The number of halogens is 2. The number of hydrogen-bond acceptors (Lipinski definition) is 1. The fraction of sp³-hybridized carbons (Fsp3) is 1.00. The first-order valence-corrected chi connectivity index (χ1v) is 3.39. The van der Waals surface area contributed by atoms with Gasteiger partial charge in [-0.2, -0.15) is 0 Å². The highest BCUT2D eigenvalue weighted by atomic mass is 35.5. The third-order valence-electron chi connectivity index (χ3n) is 1.32. The van der Waals surface area contributed by atoms with Crippen LogP contribution < -0.4 is 0 Å². The zero-order chi connectivity index (χ0) is 6.36. The standard InChI is InChI=1S/C5H8Cl2O/c1-3(2)5(7)4(6)8-5/h3-4H,1-2H3/t4-,5-/m1/s1. The van der Waals surface area contributed by atoms with Crippen molar-refractivity contribution in [2.24, 2.45) is 5.92 Å². The number of epoxide rings is 1. The molecule has 1 saturated heterocycles. The Hall–Kier alpha value is 0.540. The Bertz CT molecular complexity index is 105. The van der Waals surface area contributed by atoms with E-state index in [-0.39, 0.29) is 5.56 Å². The van der Waals surface area contributed by atoms with Gasteiger partial charge in [0.2, 0.25) is 0 Å². The summed E-state index contributed by atoms with van der Waals surface area (Å²) in [7, 11) is 0. The van der Waals surface area contributed by atoms with Crippen LogP contribution in [0, 0.1) is 5.92 Å². The Morgan fingerprint density at radius 3 is 2.00 bits per heavy atom. The molecule has 0 saturated carbocycles. The molecule has 48 valence electrons. The van der Waals surface area contributed by atoms with E-state index in [4.69, 9.17) is 27.9 Å². The summed E-state index contributed by atoms with van der Waals surface area (Å²) >= 11 is 11.3. The van der Waals surface area contributed by atoms with Crippen LogP contribution in [0.1, 0.15) is 13.8 Å². The smallest absolute Gasteiger partial charge is 0.186 e. The molecule has 0 bridgehead atoms. The van der Waals surface area contributed by atoms with Crippen molar-refractivity contribution in [3.63, 3.8) is 0 Å². The second kappa shape index (κ2) is 1.76. The van der Waals surface area contributed by atoms with Gasteiger partial charge in [0.25, 0.3) is 0 Å². The van der Waals surface area contributed by atoms with E-state index < -0.39 is 5.06 Å². The van der Waals surface area contributed by atoms with E-state index in [1.807, 2.05) is 13.8 Å². The van der Waals surface area contributed by atoms with E-state index >= 15 is 0 Å².